The molecule has 0 aromatic carbocycles. The Morgan fingerprint density at radius 1 is 0.556 bits per heavy atom. The first-order valence-electron chi connectivity index (χ1n) is 9.81. The summed E-state index contributed by atoms with van der Waals surface area (Å²) in [6.45, 7) is 29.8. The predicted molar refractivity (Wildman–Crippen MR) is 120 cm³/mol. The fourth-order valence-corrected chi connectivity index (χ4v) is 2.81. The Hall–Kier alpha value is -0.326. The molecule has 2 aliphatic carbocycles. The van der Waals surface area contributed by atoms with Crippen LogP contribution in [0.5, 0.6) is 0 Å². The molecular formula is C26H44Ti. The van der Waals surface area contributed by atoms with Gasteiger partial charge in [-0.1, -0.05) is 66.2 Å². The van der Waals surface area contributed by atoms with Gasteiger partial charge in [0.15, 0.2) is 0 Å². The van der Waals surface area contributed by atoms with E-state index in [0.29, 0.717) is 0 Å². The molecule has 0 amide bonds. The Balaban J connectivity index is -0.000000322. The maximum Gasteiger partial charge on any atom is 4.00 e. The average Bonchev–Trinajstić information content (AvgIpc) is 2.80. The van der Waals surface area contributed by atoms with Gasteiger partial charge in [0.05, 0.1) is 0 Å². The molecule has 0 fully saturated rings. The molecule has 0 spiro atoms. The molecular weight excluding hydrogens is 360 g/mol. The zero-order valence-corrected chi connectivity index (χ0v) is 22.2. The van der Waals surface area contributed by atoms with Crippen LogP contribution >= 0.6 is 0 Å². The summed E-state index contributed by atoms with van der Waals surface area (Å²) < 4.78 is 0. The smallest absolute Gasteiger partial charge is 0.335 e. The van der Waals surface area contributed by atoms with Crippen LogP contribution in [0.15, 0.2) is 33.4 Å². The Bertz CT molecular complexity index is 511. The zero-order valence-electron chi connectivity index (χ0n) is 20.7. The minimum atomic E-state index is 0. The normalized spacial score (nSPS) is 18.7. The molecule has 0 unspecified atom stereocenters. The van der Waals surface area contributed by atoms with Crippen molar-refractivity contribution in [2.75, 3.05) is 0 Å². The number of hydrogen-bond donors (Lipinski definition) is 0. The van der Waals surface area contributed by atoms with Gasteiger partial charge in [0.25, 0.3) is 0 Å². The van der Waals surface area contributed by atoms with Gasteiger partial charge >= 0.3 is 21.7 Å². The first-order valence-corrected chi connectivity index (χ1v) is 9.81. The molecule has 0 nitrogen and oxygen atoms in total. The topological polar surface area (TPSA) is 0 Å². The summed E-state index contributed by atoms with van der Waals surface area (Å²) >= 11 is 0. The van der Waals surface area contributed by atoms with Crippen LogP contribution < -0.4 is 0 Å². The molecule has 0 aliphatic heterocycles. The van der Waals surface area contributed by atoms with Crippen molar-refractivity contribution in [1.29, 1.82) is 0 Å². The van der Waals surface area contributed by atoms with Gasteiger partial charge in [-0.2, -0.15) is 50.0 Å². The van der Waals surface area contributed by atoms with Crippen molar-refractivity contribution >= 4 is 0 Å². The van der Waals surface area contributed by atoms with Gasteiger partial charge in [-0.05, 0) is 0 Å². The molecule has 0 heterocycles. The summed E-state index contributed by atoms with van der Waals surface area (Å²) in [5.74, 6) is 0. The molecule has 0 saturated carbocycles. The summed E-state index contributed by atoms with van der Waals surface area (Å²) in [4.78, 5) is 0. The number of rotatable bonds is 0. The monoisotopic (exact) mass is 404 g/mol. The van der Waals surface area contributed by atoms with Gasteiger partial charge in [-0.25, -0.2) is 11.1 Å². The second-order valence-corrected chi connectivity index (χ2v) is 8.40. The molecule has 0 aromatic heterocycles. The van der Waals surface area contributed by atoms with E-state index in [1.54, 1.807) is 0 Å². The summed E-state index contributed by atoms with van der Waals surface area (Å²) in [7, 11) is 0. The maximum absolute atomic E-state index is 3.44. The van der Waals surface area contributed by atoms with Crippen LogP contribution in [0.25, 0.3) is 0 Å². The van der Waals surface area contributed by atoms with E-state index in [4.69, 9.17) is 0 Å². The first kappa shape index (κ1) is 31.4. The maximum atomic E-state index is 3.44. The molecule has 2 aliphatic rings. The van der Waals surface area contributed by atoms with E-state index >= 15 is 0 Å². The van der Waals surface area contributed by atoms with Gasteiger partial charge in [0.2, 0.25) is 0 Å². The number of allylic oxidation sites excluding steroid dienone is 8. The van der Waals surface area contributed by atoms with E-state index in [9.17, 15) is 0 Å². The van der Waals surface area contributed by atoms with Crippen LogP contribution in [-0.4, -0.2) is 0 Å². The Morgan fingerprint density at radius 2 is 0.741 bits per heavy atom. The van der Waals surface area contributed by atoms with E-state index in [2.05, 4.69) is 81.4 Å². The molecule has 2 rings (SSSR count). The molecule has 27 heavy (non-hydrogen) atoms. The van der Waals surface area contributed by atoms with Gasteiger partial charge in [-0.15, -0.1) is 13.8 Å². The third-order valence-corrected chi connectivity index (χ3v) is 5.12. The molecule has 0 atom stereocenters. The van der Waals surface area contributed by atoms with E-state index < -0.39 is 0 Å². The second kappa shape index (κ2) is 13.8. The van der Waals surface area contributed by atoms with Gasteiger partial charge in [0, 0.05) is 0 Å². The van der Waals surface area contributed by atoms with E-state index in [1.165, 1.54) is 33.4 Å². The summed E-state index contributed by atoms with van der Waals surface area (Å²) in [5.41, 5.74) is 8.79. The number of hydrogen-bond acceptors (Lipinski definition) is 0. The van der Waals surface area contributed by atoms with Crippen molar-refractivity contribution in [3.05, 3.63) is 58.4 Å². The van der Waals surface area contributed by atoms with Crippen LogP contribution in [0.3, 0.4) is 0 Å². The molecule has 0 N–H and O–H groups in total. The molecule has 1 heteroatoms. The van der Waals surface area contributed by atoms with E-state index in [-0.39, 0.29) is 32.5 Å². The van der Waals surface area contributed by atoms with Gasteiger partial charge < -0.3 is 12.8 Å². The fraction of sp³-hybridized carbons (Fsp3) is 0.615. The van der Waals surface area contributed by atoms with Crippen molar-refractivity contribution in [2.24, 2.45) is 10.8 Å². The zero-order chi connectivity index (χ0) is 21.3. The van der Waals surface area contributed by atoms with Crippen LogP contribution in [0, 0.1) is 35.8 Å². The first-order chi connectivity index (χ1) is 11.7. The quantitative estimate of drug-likeness (QED) is 0.280. The SMILES string of the molecule is CC1=[C-]C(C)(C)C(C)=C1C.CC1=[C-]C(C)(C)C(C)=C1C.C[CH-]C.C[CH-]C.[Ti+4]. The van der Waals surface area contributed by atoms with Crippen molar-refractivity contribution in [2.45, 2.75) is 96.9 Å². The average molecular weight is 405 g/mol. The Labute approximate surface area is 187 Å². The minimum Gasteiger partial charge on any atom is -0.335 e. The predicted octanol–water partition coefficient (Wildman–Crippen LogP) is 8.68. The standard InChI is InChI=1S/2C10H15.2C3H7.Ti/c2*1-7-6-10(4,5)9(3)8(7)2;2*1-3-2;/h2*1-5H3;2*3H,1-2H3;/q4*-1;+4. The summed E-state index contributed by atoms with van der Waals surface area (Å²) in [5, 5.41) is 0. The van der Waals surface area contributed by atoms with Gasteiger partial charge in [0.1, 0.15) is 0 Å². The van der Waals surface area contributed by atoms with Crippen molar-refractivity contribution in [1.82, 2.24) is 0 Å². The van der Waals surface area contributed by atoms with Crippen molar-refractivity contribution in [3.63, 3.8) is 0 Å². The van der Waals surface area contributed by atoms with Crippen LogP contribution in [0.4, 0.5) is 0 Å². The van der Waals surface area contributed by atoms with Crippen LogP contribution in [0.1, 0.15) is 96.9 Å². The van der Waals surface area contributed by atoms with E-state index in [1.807, 2.05) is 40.5 Å². The Morgan fingerprint density at radius 3 is 0.778 bits per heavy atom. The van der Waals surface area contributed by atoms with Crippen molar-refractivity contribution in [3.8, 4) is 0 Å². The van der Waals surface area contributed by atoms with Crippen LogP contribution in [-0.2, 0) is 21.7 Å². The summed E-state index contributed by atoms with van der Waals surface area (Å²) in [6, 6.07) is 0. The molecule has 0 saturated heterocycles. The van der Waals surface area contributed by atoms with Crippen molar-refractivity contribution < 1.29 is 21.7 Å². The third-order valence-electron chi connectivity index (χ3n) is 5.12. The largest absolute Gasteiger partial charge is 4.00 e. The Kier molecular flexibility index (Phi) is 16.0. The van der Waals surface area contributed by atoms with Gasteiger partial charge in [-0.3, -0.25) is 12.2 Å². The molecule has 152 valence electrons. The molecule has 0 aromatic rings. The summed E-state index contributed by atoms with van der Waals surface area (Å²) in [6.07, 6.45) is 10.9. The molecule has 0 radical (unpaired) electrons. The fourth-order valence-electron chi connectivity index (χ4n) is 2.81. The third kappa shape index (κ3) is 10.1. The second-order valence-electron chi connectivity index (χ2n) is 8.40. The minimum absolute atomic E-state index is 0. The van der Waals surface area contributed by atoms with Crippen LogP contribution in [0.2, 0.25) is 0 Å². The molecule has 0 bridgehead atoms. The van der Waals surface area contributed by atoms with E-state index in [0.717, 1.165) is 0 Å².